The van der Waals surface area contributed by atoms with Crippen molar-refractivity contribution in [2.75, 3.05) is 45.5 Å². The normalized spacial score (nSPS) is 12.8. The predicted octanol–water partition coefficient (Wildman–Crippen LogP) is 3.41. The Morgan fingerprint density at radius 2 is 1.22 bits per heavy atom. The van der Waals surface area contributed by atoms with Crippen molar-refractivity contribution in [3.05, 3.63) is 0 Å². The summed E-state index contributed by atoms with van der Waals surface area (Å²) in [7, 11) is -2.84. The number of alkyl halides is 1. The first-order chi connectivity index (χ1) is 11.1. The van der Waals surface area contributed by atoms with Crippen LogP contribution in [0.4, 0.5) is 0 Å². The van der Waals surface area contributed by atoms with Crippen molar-refractivity contribution in [1.29, 1.82) is 0 Å². The van der Waals surface area contributed by atoms with Gasteiger partial charge in [0.2, 0.25) is 0 Å². The van der Waals surface area contributed by atoms with Crippen LogP contribution in [0.5, 0.6) is 0 Å². The molecule has 0 aliphatic heterocycles. The lowest BCUT2D eigenvalue weighted by atomic mass is 10.5. The van der Waals surface area contributed by atoms with Gasteiger partial charge in [0, 0.05) is 45.0 Å². The number of hydrogen-bond donors (Lipinski definition) is 0. The molecular formula is C15H33ClO6Si. The van der Waals surface area contributed by atoms with Gasteiger partial charge in [-0.25, -0.2) is 0 Å². The first-order valence-electron chi connectivity index (χ1n) is 8.47. The van der Waals surface area contributed by atoms with Gasteiger partial charge < -0.3 is 27.5 Å². The molecule has 0 N–H and O–H groups in total. The Labute approximate surface area is 147 Å². The van der Waals surface area contributed by atoms with Gasteiger partial charge >= 0.3 is 14.8 Å². The maximum absolute atomic E-state index is 6.10. The van der Waals surface area contributed by atoms with E-state index in [1.807, 2.05) is 34.6 Å². The standard InChI is InChI=1S/C15H33ClO6Si/c1-6-17-15(18-7-2,19-8-3)14-22-23(20-9-4,21-10-5)13-11-12-16/h6-14H2,1-5H3. The van der Waals surface area contributed by atoms with E-state index in [4.69, 9.17) is 39.1 Å². The lowest BCUT2D eigenvalue weighted by Crippen LogP contribution is -2.52. The van der Waals surface area contributed by atoms with E-state index in [0.717, 1.165) is 6.42 Å². The third-order valence-electron chi connectivity index (χ3n) is 2.91. The Hall–Kier alpha value is 0.267. The molecule has 0 saturated heterocycles. The van der Waals surface area contributed by atoms with Crippen LogP contribution in [0.15, 0.2) is 0 Å². The van der Waals surface area contributed by atoms with Gasteiger partial charge in [-0.15, -0.1) is 11.6 Å². The van der Waals surface area contributed by atoms with Gasteiger partial charge in [-0.05, 0) is 41.0 Å². The summed E-state index contributed by atoms with van der Waals surface area (Å²) < 4.78 is 34.9. The molecule has 0 radical (unpaired) electrons. The topological polar surface area (TPSA) is 55.4 Å². The van der Waals surface area contributed by atoms with Gasteiger partial charge in [-0.1, -0.05) is 0 Å². The highest BCUT2D eigenvalue weighted by molar-refractivity contribution is 6.60. The van der Waals surface area contributed by atoms with Gasteiger partial charge in [0.05, 0.1) is 0 Å². The molecule has 0 fully saturated rings. The molecule has 0 unspecified atom stereocenters. The van der Waals surface area contributed by atoms with Crippen LogP contribution in [-0.4, -0.2) is 60.3 Å². The molecular weight excluding hydrogens is 340 g/mol. The maximum Gasteiger partial charge on any atom is 0.501 e. The van der Waals surface area contributed by atoms with Gasteiger partial charge in [0.1, 0.15) is 6.61 Å². The van der Waals surface area contributed by atoms with Crippen molar-refractivity contribution in [2.45, 2.75) is 53.1 Å². The first kappa shape index (κ1) is 23.3. The van der Waals surface area contributed by atoms with E-state index in [-0.39, 0.29) is 6.61 Å². The highest BCUT2D eigenvalue weighted by atomic mass is 35.5. The molecule has 0 aliphatic rings. The second-order valence-electron chi connectivity index (χ2n) is 4.61. The molecule has 0 heterocycles. The van der Waals surface area contributed by atoms with Gasteiger partial charge in [-0.2, -0.15) is 0 Å². The Morgan fingerprint density at radius 3 is 1.57 bits per heavy atom. The molecule has 0 spiro atoms. The smallest absolute Gasteiger partial charge is 0.374 e. The Morgan fingerprint density at radius 1 is 0.739 bits per heavy atom. The summed E-state index contributed by atoms with van der Waals surface area (Å²) in [5.41, 5.74) is 0. The fourth-order valence-electron chi connectivity index (χ4n) is 2.17. The van der Waals surface area contributed by atoms with E-state index in [2.05, 4.69) is 0 Å². The average Bonchev–Trinajstić information content (AvgIpc) is 2.52. The number of halogens is 1. The Balaban J connectivity index is 5.09. The SMILES string of the molecule is CCOC(CO[Si](CCCCl)(OCC)OCC)(OCC)OCC. The van der Waals surface area contributed by atoms with E-state index in [1.54, 1.807) is 0 Å². The maximum atomic E-state index is 6.10. The molecule has 0 amide bonds. The van der Waals surface area contributed by atoms with Crippen LogP contribution < -0.4 is 0 Å². The minimum absolute atomic E-state index is 0.0943. The monoisotopic (exact) mass is 372 g/mol. The third kappa shape index (κ3) is 8.78. The van der Waals surface area contributed by atoms with Crippen molar-refractivity contribution in [3.63, 3.8) is 0 Å². The Kier molecular flexibility index (Phi) is 13.7. The average molecular weight is 373 g/mol. The summed E-state index contributed by atoms with van der Waals surface area (Å²) in [6.07, 6.45) is 0.763. The summed E-state index contributed by atoms with van der Waals surface area (Å²) in [5, 5.41) is 0. The van der Waals surface area contributed by atoms with Gasteiger partial charge in [0.15, 0.2) is 0 Å². The number of ether oxygens (including phenoxy) is 3. The Bertz CT molecular complexity index is 260. The van der Waals surface area contributed by atoms with Crippen molar-refractivity contribution >= 4 is 20.4 Å². The van der Waals surface area contributed by atoms with Crippen LogP contribution in [0.2, 0.25) is 6.04 Å². The van der Waals surface area contributed by atoms with E-state index in [0.29, 0.717) is 45.0 Å². The first-order valence-corrected chi connectivity index (χ1v) is 10.9. The number of rotatable bonds is 16. The lowest BCUT2D eigenvalue weighted by molar-refractivity contribution is -0.387. The second-order valence-corrected chi connectivity index (χ2v) is 7.72. The molecule has 0 rings (SSSR count). The molecule has 0 atom stereocenters. The van der Waals surface area contributed by atoms with Gasteiger partial charge in [-0.3, -0.25) is 0 Å². The minimum Gasteiger partial charge on any atom is -0.374 e. The van der Waals surface area contributed by atoms with Crippen LogP contribution in [0.1, 0.15) is 41.0 Å². The predicted molar refractivity (Wildman–Crippen MR) is 92.7 cm³/mol. The zero-order valence-corrected chi connectivity index (χ0v) is 16.9. The summed E-state index contributed by atoms with van der Waals surface area (Å²) >= 11 is 5.83. The molecule has 23 heavy (non-hydrogen) atoms. The zero-order chi connectivity index (χ0) is 17.6. The van der Waals surface area contributed by atoms with E-state index in [1.165, 1.54) is 0 Å². The van der Waals surface area contributed by atoms with Crippen molar-refractivity contribution < 1.29 is 27.5 Å². The molecule has 0 saturated carbocycles. The fraction of sp³-hybridized carbons (Fsp3) is 1.00. The van der Waals surface area contributed by atoms with Crippen LogP contribution in [-0.2, 0) is 27.5 Å². The van der Waals surface area contributed by atoms with Crippen molar-refractivity contribution in [1.82, 2.24) is 0 Å². The summed E-state index contributed by atoms with van der Waals surface area (Å²) in [6, 6.07) is 0.651. The molecule has 0 bridgehead atoms. The summed E-state index contributed by atoms with van der Waals surface area (Å²) in [5.74, 6) is -0.697. The van der Waals surface area contributed by atoms with E-state index < -0.39 is 14.8 Å². The zero-order valence-electron chi connectivity index (χ0n) is 15.2. The highest BCUT2D eigenvalue weighted by Gasteiger charge is 2.44. The molecule has 8 heteroatoms. The van der Waals surface area contributed by atoms with Crippen molar-refractivity contribution in [2.24, 2.45) is 0 Å². The molecule has 140 valence electrons. The highest BCUT2D eigenvalue weighted by Crippen LogP contribution is 2.24. The number of hydrogen-bond acceptors (Lipinski definition) is 6. The van der Waals surface area contributed by atoms with Crippen LogP contribution in [0.25, 0.3) is 0 Å². The van der Waals surface area contributed by atoms with E-state index in [9.17, 15) is 0 Å². The quantitative estimate of drug-likeness (QED) is 0.235. The molecule has 0 aromatic heterocycles. The second kappa shape index (κ2) is 13.5. The molecule has 6 nitrogen and oxygen atoms in total. The molecule has 0 aromatic carbocycles. The summed E-state index contributed by atoms with van der Waals surface area (Å²) in [6.45, 7) is 12.0. The van der Waals surface area contributed by atoms with Gasteiger partial charge in [0.25, 0.3) is 0 Å². The van der Waals surface area contributed by atoms with Crippen LogP contribution >= 0.6 is 11.6 Å². The van der Waals surface area contributed by atoms with Crippen LogP contribution in [0, 0.1) is 0 Å². The fourth-order valence-corrected chi connectivity index (χ4v) is 5.10. The van der Waals surface area contributed by atoms with Crippen LogP contribution in [0.3, 0.4) is 0 Å². The molecule has 0 aromatic rings. The lowest BCUT2D eigenvalue weighted by Gasteiger charge is -2.36. The molecule has 0 aliphatic carbocycles. The van der Waals surface area contributed by atoms with E-state index >= 15 is 0 Å². The largest absolute Gasteiger partial charge is 0.501 e. The third-order valence-corrected chi connectivity index (χ3v) is 6.18. The van der Waals surface area contributed by atoms with Crippen molar-refractivity contribution in [3.8, 4) is 0 Å². The summed E-state index contributed by atoms with van der Waals surface area (Å²) in [4.78, 5) is 0. The minimum atomic E-state index is -2.84.